The quantitative estimate of drug-likeness (QED) is 0.337. The number of hydrogen-bond donors (Lipinski definition) is 1. The Morgan fingerprint density at radius 2 is 1.94 bits per heavy atom. The standard InChI is InChI=1S/C24H24Cl2N4O5S/c1-2-20(23(33)29-9-11-34-12-10-29)36-24-27-18-6-4-3-5-16(18)22(32)30(24)28-21(31)14-35-19-8-7-15(25)13-17(19)26/h3-8,13,20H,2,9-12,14H2,1H3,(H,28,31)/t20-/m0/s1. The summed E-state index contributed by atoms with van der Waals surface area (Å²) in [5, 5.41) is 0.720. The average Bonchev–Trinajstić information content (AvgIpc) is 2.89. The van der Waals surface area contributed by atoms with Gasteiger partial charge in [-0.25, -0.2) is 4.98 Å². The zero-order chi connectivity index (χ0) is 25.7. The molecule has 190 valence electrons. The van der Waals surface area contributed by atoms with Gasteiger partial charge in [-0.2, -0.15) is 4.68 Å². The summed E-state index contributed by atoms with van der Waals surface area (Å²) in [5.74, 6) is -0.390. The highest BCUT2D eigenvalue weighted by molar-refractivity contribution is 8.00. The van der Waals surface area contributed by atoms with Crippen molar-refractivity contribution in [2.45, 2.75) is 23.8 Å². The van der Waals surface area contributed by atoms with E-state index in [-0.39, 0.29) is 21.8 Å². The van der Waals surface area contributed by atoms with Gasteiger partial charge in [-0.05, 0) is 36.8 Å². The zero-order valence-corrected chi connectivity index (χ0v) is 21.7. The van der Waals surface area contributed by atoms with Gasteiger partial charge in [0.05, 0.1) is 34.4 Å². The largest absolute Gasteiger partial charge is 0.482 e. The molecule has 4 rings (SSSR count). The Morgan fingerprint density at radius 1 is 1.19 bits per heavy atom. The van der Waals surface area contributed by atoms with Crippen LogP contribution in [0.5, 0.6) is 5.75 Å². The first-order valence-corrected chi connectivity index (χ1v) is 12.9. The molecule has 2 heterocycles. The lowest BCUT2D eigenvalue weighted by Crippen LogP contribution is -2.45. The first kappa shape index (κ1) is 26.3. The lowest BCUT2D eigenvalue weighted by atomic mass is 10.2. The van der Waals surface area contributed by atoms with E-state index in [9.17, 15) is 14.4 Å². The number of thioether (sulfide) groups is 1. The van der Waals surface area contributed by atoms with Gasteiger partial charge in [-0.3, -0.25) is 19.8 Å². The van der Waals surface area contributed by atoms with Gasteiger partial charge in [0.2, 0.25) is 5.91 Å². The molecule has 3 aromatic rings. The third kappa shape index (κ3) is 6.12. The molecule has 0 saturated carbocycles. The molecule has 1 N–H and O–H groups in total. The topological polar surface area (TPSA) is 103 Å². The number of rotatable bonds is 8. The van der Waals surface area contributed by atoms with Crippen LogP contribution in [0.15, 0.2) is 52.4 Å². The Balaban J connectivity index is 1.58. The van der Waals surface area contributed by atoms with E-state index >= 15 is 0 Å². The summed E-state index contributed by atoms with van der Waals surface area (Å²) >= 11 is 13.1. The smallest absolute Gasteiger partial charge is 0.281 e. The van der Waals surface area contributed by atoms with E-state index in [1.807, 2.05) is 6.92 Å². The fourth-order valence-electron chi connectivity index (χ4n) is 3.61. The number of morpholine rings is 1. The van der Waals surface area contributed by atoms with Gasteiger partial charge in [0, 0.05) is 18.1 Å². The van der Waals surface area contributed by atoms with E-state index in [0.29, 0.717) is 48.6 Å². The minimum Gasteiger partial charge on any atom is -0.482 e. The molecule has 1 saturated heterocycles. The van der Waals surface area contributed by atoms with Gasteiger partial charge in [-0.15, -0.1) is 0 Å². The lowest BCUT2D eigenvalue weighted by molar-refractivity contribution is -0.134. The SMILES string of the molecule is CC[C@H](Sc1nc2ccccc2c(=O)n1NC(=O)COc1ccc(Cl)cc1Cl)C(=O)N1CCOCC1. The molecular weight excluding hydrogens is 527 g/mol. The molecule has 1 fully saturated rings. The number of benzene rings is 2. The van der Waals surface area contributed by atoms with Gasteiger partial charge in [0.15, 0.2) is 11.8 Å². The highest BCUT2D eigenvalue weighted by Crippen LogP contribution is 2.28. The fourth-order valence-corrected chi connectivity index (χ4v) is 5.12. The number of nitrogens with one attached hydrogen (secondary N) is 1. The molecule has 0 bridgehead atoms. The van der Waals surface area contributed by atoms with Gasteiger partial charge < -0.3 is 14.4 Å². The Labute approximate surface area is 221 Å². The van der Waals surface area contributed by atoms with Gasteiger partial charge in [-0.1, -0.05) is 54.0 Å². The van der Waals surface area contributed by atoms with Crippen LogP contribution in [-0.4, -0.2) is 64.5 Å². The summed E-state index contributed by atoms with van der Waals surface area (Å²) < 4.78 is 11.9. The molecule has 2 aromatic carbocycles. The van der Waals surface area contributed by atoms with Crippen LogP contribution >= 0.6 is 35.0 Å². The Kier molecular flexibility index (Phi) is 8.73. The van der Waals surface area contributed by atoms with Crippen LogP contribution in [0.2, 0.25) is 10.0 Å². The molecule has 2 amide bonds. The molecule has 1 aliphatic rings. The molecule has 1 aromatic heterocycles. The van der Waals surface area contributed by atoms with Crippen molar-refractivity contribution in [2.24, 2.45) is 0 Å². The highest BCUT2D eigenvalue weighted by Gasteiger charge is 2.28. The second-order valence-electron chi connectivity index (χ2n) is 7.90. The summed E-state index contributed by atoms with van der Waals surface area (Å²) in [4.78, 5) is 45.5. The predicted molar refractivity (Wildman–Crippen MR) is 140 cm³/mol. The van der Waals surface area contributed by atoms with E-state index in [1.54, 1.807) is 41.3 Å². The third-order valence-corrected chi connectivity index (χ3v) is 7.29. The molecule has 1 atom stereocenters. The van der Waals surface area contributed by atoms with E-state index in [1.165, 1.54) is 6.07 Å². The van der Waals surface area contributed by atoms with E-state index < -0.39 is 23.3 Å². The van der Waals surface area contributed by atoms with Crippen LogP contribution in [0.3, 0.4) is 0 Å². The van der Waals surface area contributed by atoms with Gasteiger partial charge in [0.1, 0.15) is 5.75 Å². The summed E-state index contributed by atoms with van der Waals surface area (Å²) in [6.07, 6.45) is 0.510. The van der Waals surface area contributed by atoms with Crippen molar-refractivity contribution in [1.29, 1.82) is 0 Å². The van der Waals surface area contributed by atoms with Crippen LogP contribution in [0.25, 0.3) is 10.9 Å². The predicted octanol–water partition coefficient (Wildman–Crippen LogP) is 3.58. The molecule has 1 aliphatic heterocycles. The zero-order valence-electron chi connectivity index (χ0n) is 19.4. The normalized spacial score (nSPS) is 14.5. The number of ether oxygens (including phenoxy) is 2. The van der Waals surface area contributed by atoms with Crippen LogP contribution < -0.4 is 15.7 Å². The van der Waals surface area contributed by atoms with Crippen LogP contribution in [-0.2, 0) is 14.3 Å². The second kappa shape index (κ2) is 12.0. The molecular formula is C24H24Cl2N4O5S. The Hall–Kier alpha value is -2.79. The average molecular weight is 551 g/mol. The fraction of sp³-hybridized carbons (Fsp3) is 0.333. The van der Waals surface area contributed by atoms with E-state index in [0.717, 1.165) is 16.4 Å². The third-order valence-electron chi connectivity index (χ3n) is 5.45. The molecule has 12 heteroatoms. The first-order chi connectivity index (χ1) is 17.4. The minimum absolute atomic E-state index is 0.0632. The molecule has 0 aliphatic carbocycles. The first-order valence-electron chi connectivity index (χ1n) is 11.3. The number of nitrogens with zero attached hydrogens (tertiary/aromatic N) is 3. The van der Waals surface area contributed by atoms with Crippen molar-refractivity contribution in [3.63, 3.8) is 0 Å². The minimum atomic E-state index is -0.602. The number of aromatic nitrogens is 2. The molecule has 0 unspecified atom stereocenters. The Bertz CT molecular complexity index is 1330. The molecule has 9 nitrogen and oxygen atoms in total. The maximum absolute atomic E-state index is 13.3. The van der Waals surface area contributed by atoms with E-state index in [2.05, 4.69) is 10.4 Å². The maximum Gasteiger partial charge on any atom is 0.281 e. The second-order valence-corrected chi connectivity index (χ2v) is 9.92. The van der Waals surface area contributed by atoms with Crippen molar-refractivity contribution in [1.82, 2.24) is 14.6 Å². The number of amides is 2. The molecule has 0 spiro atoms. The van der Waals surface area contributed by atoms with Crippen molar-refractivity contribution in [3.8, 4) is 5.75 Å². The molecule has 36 heavy (non-hydrogen) atoms. The van der Waals surface area contributed by atoms with Crippen molar-refractivity contribution in [2.75, 3.05) is 38.3 Å². The summed E-state index contributed by atoms with van der Waals surface area (Å²) in [6.45, 7) is 3.47. The lowest BCUT2D eigenvalue weighted by Gasteiger charge is -2.30. The van der Waals surface area contributed by atoms with Crippen molar-refractivity contribution < 1.29 is 19.1 Å². The van der Waals surface area contributed by atoms with Crippen LogP contribution in [0.4, 0.5) is 0 Å². The number of para-hydroxylation sites is 1. The van der Waals surface area contributed by atoms with Gasteiger partial charge in [0.25, 0.3) is 11.5 Å². The number of hydrogen-bond acceptors (Lipinski definition) is 7. The Morgan fingerprint density at radius 3 is 2.67 bits per heavy atom. The number of carbonyl (C=O) groups excluding carboxylic acids is 2. The van der Waals surface area contributed by atoms with Crippen LogP contribution in [0, 0.1) is 0 Å². The van der Waals surface area contributed by atoms with Crippen LogP contribution in [0.1, 0.15) is 13.3 Å². The summed E-state index contributed by atoms with van der Waals surface area (Å²) in [7, 11) is 0. The highest BCUT2D eigenvalue weighted by atomic mass is 35.5. The maximum atomic E-state index is 13.3. The van der Waals surface area contributed by atoms with Gasteiger partial charge >= 0.3 is 0 Å². The number of halogens is 2. The summed E-state index contributed by atoms with van der Waals surface area (Å²) in [6, 6.07) is 11.5. The summed E-state index contributed by atoms with van der Waals surface area (Å²) in [5.41, 5.74) is 2.57. The monoisotopic (exact) mass is 550 g/mol. The number of carbonyl (C=O) groups is 2. The van der Waals surface area contributed by atoms with Crippen molar-refractivity contribution in [3.05, 3.63) is 62.9 Å². The number of fused-ring (bicyclic) bond motifs is 1. The van der Waals surface area contributed by atoms with Crippen molar-refractivity contribution >= 4 is 57.7 Å². The van der Waals surface area contributed by atoms with E-state index in [4.69, 9.17) is 32.7 Å². The molecule has 0 radical (unpaired) electrons.